The van der Waals surface area contributed by atoms with Crippen molar-refractivity contribution in [1.29, 1.82) is 0 Å². The number of carbonyl (C=O) groups excluding carboxylic acids is 2. The molecule has 166 valence electrons. The van der Waals surface area contributed by atoms with Crippen molar-refractivity contribution >= 4 is 27.7 Å². The van der Waals surface area contributed by atoms with Crippen LogP contribution < -0.4 is 21.1 Å². The van der Waals surface area contributed by atoms with E-state index in [9.17, 15) is 9.59 Å². The number of carbonyl (C=O) groups is 2. The molecule has 2 aliphatic heterocycles. The molecule has 3 rings (SSSR count). The second-order valence-corrected chi connectivity index (χ2v) is 9.20. The number of hydrogen-bond donors (Lipinski definition) is 3. The molecule has 4 N–H and O–H groups in total. The molecule has 1 aromatic carbocycles. The number of primary amides is 1. The van der Waals surface area contributed by atoms with Gasteiger partial charge in [-0.25, -0.2) is 0 Å². The summed E-state index contributed by atoms with van der Waals surface area (Å²) in [5.41, 5.74) is 6.41. The summed E-state index contributed by atoms with van der Waals surface area (Å²) in [4.78, 5) is 26.2. The van der Waals surface area contributed by atoms with Crippen molar-refractivity contribution in [2.24, 2.45) is 11.7 Å². The molecule has 7 nitrogen and oxygen atoms in total. The van der Waals surface area contributed by atoms with E-state index >= 15 is 0 Å². The highest BCUT2D eigenvalue weighted by Gasteiger charge is 2.27. The van der Waals surface area contributed by atoms with Crippen LogP contribution in [0, 0.1) is 5.92 Å². The first-order valence-electron chi connectivity index (χ1n) is 10.9. The van der Waals surface area contributed by atoms with Crippen molar-refractivity contribution in [3.05, 3.63) is 28.2 Å². The Hall–Kier alpha value is -1.64. The number of piperidine rings is 1. The fourth-order valence-corrected chi connectivity index (χ4v) is 4.50. The summed E-state index contributed by atoms with van der Waals surface area (Å²) in [6, 6.07) is 6.25. The third kappa shape index (κ3) is 6.43. The van der Waals surface area contributed by atoms with Gasteiger partial charge >= 0.3 is 0 Å². The zero-order valence-corrected chi connectivity index (χ0v) is 19.2. The fraction of sp³-hybridized carbons (Fsp3) is 0.636. The predicted molar refractivity (Wildman–Crippen MR) is 120 cm³/mol. The van der Waals surface area contributed by atoms with E-state index in [2.05, 4.69) is 26.6 Å². The monoisotopic (exact) mass is 480 g/mol. The van der Waals surface area contributed by atoms with Gasteiger partial charge in [-0.15, -0.1) is 0 Å². The number of nitrogens with two attached hydrogens (primary N) is 1. The van der Waals surface area contributed by atoms with E-state index in [0.29, 0.717) is 19.4 Å². The van der Waals surface area contributed by atoms with Gasteiger partial charge in [0.25, 0.3) is 0 Å². The predicted octanol–water partition coefficient (Wildman–Crippen LogP) is 2.17. The number of halogens is 1. The first kappa shape index (κ1) is 23.0. The smallest absolute Gasteiger partial charge is 0.223 e. The molecular weight excluding hydrogens is 448 g/mol. The van der Waals surface area contributed by atoms with Gasteiger partial charge in [-0.2, -0.15) is 0 Å². The maximum Gasteiger partial charge on any atom is 0.223 e. The van der Waals surface area contributed by atoms with E-state index in [4.69, 9.17) is 10.5 Å². The molecule has 2 atom stereocenters. The summed E-state index contributed by atoms with van der Waals surface area (Å²) >= 11 is 3.64. The number of ether oxygens (including phenoxy) is 1. The standard InChI is InChI=1S/C22H33BrN4O3/c1-15(22(24)29)2-5-21(28)27(17-6-9-26-13-17)14-16-3-4-20(19(23)12-16)30-18-7-10-25-11-8-18/h3-4,12,15,17-18,25-26H,2,5-11,13-14H2,1H3,(H2,24,29)/t15-,17-/m0/s1. The largest absolute Gasteiger partial charge is 0.489 e. The summed E-state index contributed by atoms with van der Waals surface area (Å²) in [5, 5.41) is 6.69. The third-order valence-corrected chi connectivity index (χ3v) is 6.62. The number of nitrogens with one attached hydrogen (secondary N) is 2. The van der Waals surface area contributed by atoms with Crippen molar-refractivity contribution in [3.63, 3.8) is 0 Å². The Labute approximate surface area is 187 Å². The van der Waals surface area contributed by atoms with Gasteiger partial charge in [0.2, 0.25) is 11.8 Å². The van der Waals surface area contributed by atoms with Crippen molar-refractivity contribution in [2.45, 2.75) is 57.7 Å². The van der Waals surface area contributed by atoms with Gasteiger partial charge in [-0.1, -0.05) is 13.0 Å². The molecule has 0 aliphatic carbocycles. The van der Waals surface area contributed by atoms with Crippen molar-refractivity contribution in [3.8, 4) is 5.75 Å². The van der Waals surface area contributed by atoms with Crippen LogP contribution in [-0.4, -0.2) is 55.0 Å². The Morgan fingerprint density at radius 1 is 1.23 bits per heavy atom. The lowest BCUT2D eigenvalue weighted by Crippen LogP contribution is -2.41. The Bertz CT molecular complexity index is 733. The Balaban J connectivity index is 1.65. The molecule has 8 heteroatoms. The molecule has 2 amide bonds. The second kappa shape index (κ2) is 11.1. The fourth-order valence-electron chi connectivity index (χ4n) is 3.98. The Morgan fingerprint density at radius 3 is 2.60 bits per heavy atom. The molecule has 0 aromatic heterocycles. The van der Waals surface area contributed by atoms with Crippen LogP contribution in [0.3, 0.4) is 0 Å². The maximum absolute atomic E-state index is 13.0. The molecule has 30 heavy (non-hydrogen) atoms. The minimum Gasteiger partial charge on any atom is -0.489 e. The quantitative estimate of drug-likeness (QED) is 0.503. The van der Waals surface area contributed by atoms with Gasteiger partial charge in [-0.05, 0) is 78.9 Å². The van der Waals surface area contributed by atoms with Crippen molar-refractivity contribution in [2.75, 3.05) is 26.2 Å². The average molecular weight is 481 g/mol. The number of amides is 2. The van der Waals surface area contributed by atoms with E-state index in [-0.39, 0.29) is 29.9 Å². The zero-order valence-electron chi connectivity index (χ0n) is 17.7. The molecule has 0 saturated carbocycles. The highest BCUT2D eigenvalue weighted by Crippen LogP contribution is 2.29. The molecule has 2 saturated heterocycles. The SMILES string of the molecule is C[C@@H](CCC(=O)N(Cc1ccc(OC2CCNCC2)c(Br)c1)[C@H]1CCNC1)C(N)=O. The second-order valence-electron chi connectivity index (χ2n) is 8.34. The molecule has 0 unspecified atom stereocenters. The average Bonchev–Trinajstić information content (AvgIpc) is 3.27. The van der Waals surface area contributed by atoms with E-state index in [1.165, 1.54) is 0 Å². The summed E-state index contributed by atoms with van der Waals surface area (Å²) in [6.07, 6.45) is 4.01. The maximum atomic E-state index is 13.0. The van der Waals surface area contributed by atoms with Crippen LogP contribution in [0.2, 0.25) is 0 Å². The summed E-state index contributed by atoms with van der Waals surface area (Å²) in [5.74, 6) is 0.271. The van der Waals surface area contributed by atoms with Crippen LogP contribution >= 0.6 is 15.9 Å². The van der Waals surface area contributed by atoms with Crippen LogP contribution in [0.1, 0.15) is 44.6 Å². The lowest BCUT2D eigenvalue weighted by atomic mass is 10.0. The van der Waals surface area contributed by atoms with Gasteiger partial charge in [-0.3, -0.25) is 9.59 Å². The number of hydrogen-bond acceptors (Lipinski definition) is 5. The Kier molecular flexibility index (Phi) is 8.53. The highest BCUT2D eigenvalue weighted by molar-refractivity contribution is 9.10. The van der Waals surface area contributed by atoms with Gasteiger partial charge in [0, 0.05) is 31.5 Å². The van der Waals surface area contributed by atoms with E-state index in [0.717, 1.165) is 61.2 Å². The minimum absolute atomic E-state index is 0.0722. The molecular formula is C22H33BrN4O3. The summed E-state index contributed by atoms with van der Waals surface area (Å²) in [6.45, 7) is 6.01. The molecule has 0 spiro atoms. The number of rotatable bonds is 9. The Morgan fingerprint density at radius 2 is 1.97 bits per heavy atom. The summed E-state index contributed by atoms with van der Waals surface area (Å²) < 4.78 is 7.07. The first-order valence-corrected chi connectivity index (χ1v) is 11.7. The first-order chi connectivity index (χ1) is 14.4. The summed E-state index contributed by atoms with van der Waals surface area (Å²) in [7, 11) is 0. The van der Waals surface area contributed by atoms with Crippen LogP contribution in [0.15, 0.2) is 22.7 Å². The lowest BCUT2D eigenvalue weighted by Gasteiger charge is -2.29. The van der Waals surface area contributed by atoms with Crippen LogP contribution in [-0.2, 0) is 16.1 Å². The van der Waals surface area contributed by atoms with Gasteiger partial charge in [0.05, 0.1) is 4.47 Å². The molecule has 2 aliphatic rings. The van der Waals surface area contributed by atoms with Gasteiger partial charge < -0.3 is 26.0 Å². The van der Waals surface area contributed by atoms with Crippen molar-refractivity contribution < 1.29 is 14.3 Å². The van der Waals surface area contributed by atoms with Crippen molar-refractivity contribution in [1.82, 2.24) is 15.5 Å². The minimum atomic E-state index is -0.356. The molecule has 2 fully saturated rings. The van der Waals surface area contributed by atoms with Crippen LogP contribution in [0.4, 0.5) is 0 Å². The molecule has 0 bridgehead atoms. The van der Waals surface area contributed by atoms with Gasteiger partial charge in [0.15, 0.2) is 0 Å². The number of benzene rings is 1. The molecule has 0 radical (unpaired) electrons. The lowest BCUT2D eigenvalue weighted by molar-refractivity contribution is -0.134. The van der Waals surface area contributed by atoms with Crippen LogP contribution in [0.25, 0.3) is 0 Å². The molecule has 1 aromatic rings. The van der Waals surface area contributed by atoms with Crippen LogP contribution in [0.5, 0.6) is 5.75 Å². The zero-order chi connectivity index (χ0) is 21.5. The molecule has 2 heterocycles. The highest BCUT2D eigenvalue weighted by atomic mass is 79.9. The third-order valence-electron chi connectivity index (χ3n) is 6.00. The van der Waals surface area contributed by atoms with Gasteiger partial charge in [0.1, 0.15) is 11.9 Å². The van der Waals surface area contributed by atoms with E-state index < -0.39 is 0 Å². The number of nitrogens with zero attached hydrogens (tertiary/aromatic N) is 1. The van der Waals surface area contributed by atoms with E-state index in [1.54, 1.807) is 6.92 Å². The van der Waals surface area contributed by atoms with E-state index in [1.807, 2.05) is 23.1 Å². The normalized spacial score (nSPS) is 20.7. The topological polar surface area (TPSA) is 96.7 Å².